The van der Waals surface area contributed by atoms with Crippen LogP contribution in [0.4, 0.5) is 5.82 Å². The molecule has 6 nitrogen and oxygen atoms in total. The Hall–Kier alpha value is -2.63. The van der Waals surface area contributed by atoms with Crippen LogP contribution in [0.15, 0.2) is 34.9 Å². The first-order chi connectivity index (χ1) is 11.6. The van der Waals surface area contributed by atoms with Crippen LogP contribution in [0.1, 0.15) is 42.2 Å². The van der Waals surface area contributed by atoms with Crippen molar-refractivity contribution in [2.24, 2.45) is 0 Å². The number of rotatable bonds is 4. The lowest BCUT2D eigenvalue weighted by atomic mass is 10.0. The van der Waals surface area contributed by atoms with Gasteiger partial charge in [-0.3, -0.25) is 9.59 Å². The van der Waals surface area contributed by atoms with Crippen molar-refractivity contribution in [1.29, 1.82) is 0 Å². The molecule has 1 aliphatic rings. The first kappa shape index (κ1) is 16.2. The van der Waals surface area contributed by atoms with Crippen molar-refractivity contribution in [3.63, 3.8) is 0 Å². The summed E-state index contributed by atoms with van der Waals surface area (Å²) in [7, 11) is 0. The van der Waals surface area contributed by atoms with E-state index in [2.05, 4.69) is 10.5 Å². The zero-order valence-electron chi connectivity index (χ0n) is 13.9. The third kappa shape index (κ3) is 3.18. The summed E-state index contributed by atoms with van der Waals surface area (Å²) in [6.45, 7) is 4.22. The number of benzene rings is 1. The summed E-state index contributed by atoms with van der Waals surface area (Å²) in [5.74, 6) is 0.810. The Kier molecular flexibility index (Phi) is 4.64. The van der Waals surface area contributed by atoms with Crippen LogP contribution in [0.3, 0.4) is 0 Å². The molecule has 1 unspecified atom stereocenters. The van der Waals surface area contributed by atoms with Gasteiger partial charge in [-0.1, -0.05) is 35.5 Å². The molecule has 1 aromatic carbocycles. The molecule has 6 heteroatoms. The molecule has 1 atom stereocenters. The van der Waals surface area contributed by atoms with Crippen molar-refractivity contribution in [2.45, 2.75) is 39.2 Å². The summed E-state index contributed by atoms with van der Waals surface area (Å²) in [5.41, 5.74) is 1.59. The second-order valence-corrected chi connectivity index (χ2v) is 6.06. The Balaban J connectivity index is 1.90. The van der Waals surface area contributed by atoms with E-state index < -0.39 is 6.04 Å². The normalized spacial score (nSPS) is 16.1. The van der Waals surface area contributed by atoms with Gasteiger partial charge in [-0.25, -0.2) is 0 Å². The molecular formula is C18H21N3O3. The van der Waals surface area contributed by atoms with Crippen molar-refractivity contribution >= 4 is 17.6 Å². The zero-order chi connectivity index (χ0) is 17.1. The van der Waals surface area contributed by atoms with Crippen LogP contribution in [-0.2, 0) is 9.59 Å². The summed E-state index contributed by atoms with van der Waals surface area (Å²) >= 11 is 0. The van der Waals surface area contributed by atoms with Gasteiger partial charge in [0.15, 0.2) is 5.82 Å². The first-order valence-corrected chi connectivity index (χ1v) is 8.16. The summed E-state index contributed by atoms with van der Waals surface area (Å²) in [4.78, 5) is 26.9. The number of nitrogens with zero attached hydrogens (tertiary/aromatic N) is 2. The van der Waals surface area contributed by atoms with Gasteiger partial charge in [0.2, 0.25) is 5.91 Å². The summed E-state index contributed by atoms with van der Waals surface area (Å²) < 4.78 is 5.10. The van der Waals surface area contributed by atoms with Gasteiger partial charge in [0.25, 0.3) is 5.91 Å². The van der Waals surface area contributed by atoms with Gasteiger partial charge in [0.1, 0.15) is 11.8 Å². The average molecular weight is 327 g/mol. The predicted octanol–water partition coefficient (Wildman–Crippen LogP) is 2.98. The van der Waals surface area contributed by atoms with Crippen LogP contribution in [0, 0.1) is 13.8 Å². The average Bonchev–Trinajstić information content (AvgIpc) is 2.90. The van der Waals surface area contributed by atoms with E-state index in [4.69, 9.17) is 4.52 Å². The molecule has 1 saturated heterocycles. The Morgan fingerprint density at radius 1 is 1.25 bits per heavy atom. The van der Waals surface area contributed by atoms with E-state index >= 15 is 0 Å². The Bertz CT molecular complexity index is 739. The number of carbonyl (C=O) groups excluding carboxylic acids is 2. The van der Waals surface area contributed by atoms with Crippen LogP contribution in [0.25, 0.3) is 0 Å². The number of hydrogen-bond donors (Lipinski definition) is 1. The van der Waals surface area contributed by atoms with Crippen molar-refractivity contribution in [2.75, 3.05) is 11.9 Å². The van der Waals surface area contributed by atoms with Crippen molar-refractivity contribution in [1.82, 2.24) is 10.1 Å². The van der Waals surface area contributed by atoms with E-state index in [1.165, 1.54) is 0 Å². The molecule has 1 fully saturated rings. The molecule has 0 bridgehead atoms. The van der Waals surface area contributed by atoms with E-state index in [0.29, 0.717) is 24.5 Å². The van der Waals surface area contributed by atoms with E-state index in [1.807, 2.05) is 37.3 Å². The van der Waals surface area contributed by atoms with Crippen molar-refractivity contribution < 1.29 is 14.1 Å². The molecule has 0 aliphatic carbocycles. The molecule has 2 aromatic rings. The van der Waals surface area contributed by atoms with Crippen LogP contribution >= 0.6 is 0 Å². The molecule has 0 radical (unpaired) electrons. The summed E-state index contributed by atoms with van der Waals surface area (Å²) in [5, 5.41) is 6.69. The fraction of sp³-hybridized carbons (Fsp3) is 0.389. The SMILES string of the molecule is Cc1onc(NC(=O)C(c2ccccc2)N2CCCCC2=O)c1C. The van der Waals surface area contributed by atoms with Gasteiger partial charge in [0, 0.05) is 18.5 Å². The maximum atomic E-state index is 12.9. The molecule has 24 heavy (non-hydrogen) atoms. The standard InChI is InChI=1S/C18H21N3O3/c1-12-13(2)24-20-17(12)19-18(23)16(14-8-4-3-5-9-14)21-11-7-6-10-15(21)22/h3-5,8-9,16H,6-7,10-11H2,1-2H3,(H,19,20,23). The highest BCUT2D eigenvalue weighted by Crippen LogP contribution is 2.27. The summed E-state index contributed by atoms with van der Waals surface area (Å²) in [6.07, 6.45) is 2.27. The molecular weight excluding hydrogens is 306 g/mol. The van der Waals surface area contributed by atoms with Crippen LogP contribution in [-0.4, -0.2) is 28.4 Å². The number of aromatic nitrogens is 1. The van der Waals surface area contributed by atoms with Gasteiger partial charge in [-0.05, 0) is 32.3 Å². The Morgan fingerprint density at radius 3 is 2.62 bits per heavy atom. The Labute approximate surface area is 140 Å². The minimum Gasteiger partial charge on any atom is -0.359 e. The first-order valence-electron chi connectivity index (χ1n) is 8.16. The summed E-state index contributed by atoms with van der Waals surface area (Å²) in [6, 6.07) is 8.71. The molecule has 126 valence electrons. The van der Waals surface area contributed by atoms with Crippen LogP contribution in [0.2, 0.25) is 0 Å². The molecule has 1 N–H and O–H groups in total. The van der Waals surface area contributed by atoms with E-state index in [9.17, 15) is 9.59 Å². The van der Waals surface area contributed by atoms with Crippen molar-refractivity contribution in [3.8, 4) is 0 Å². The number of piperidine rings is 1. The molecule has 1 aliphatic heterocycles. The molecule has 2 heterocycles. The number of anilines is 1. The third-order valence-corrected chi connectivity index (χ3v) is 4.43. The minimum atomic E-state index is -0.657. The number of amides is 2. The van der Waals surface area contributed by atoms with Crippen LogP contribution < -0.4 is 5.32 Å². The van der Waals surface area contributed by atoms with E-state index in [0.717, 1.165) is 24.0 Å². The molecule has 2 amide bonds. The minimum absolute atomic E-state index is 0.0123. The lowest BCUT2D eigenvalue weighted by Crippen LogP contribution is -2.43. The Morgan fingerprint density at radius 2 is 2.00 bits per heavy atom. The van der Waals surface area contributed by atoms with Gasteiger partial charge in [0.05, 0.1) is 0 Å². The number of aryl methyl sites for hydroxylation is 1. The fourth-order valence-corrected chi connectivity index (χ4v) is 2.93. The molecule has 0 spiro atoms. The number of hydrogen-bond acceptors (Lipinski definition) is 4. The highest BCUT2D eigenvalue weighted by atomic mass is 16.5. The third-order valence-electron chi connectivity index (χ3n) is 4.43. The van der Waals surface area contributed by atoms with Gasteiger partial charge < -0.3 is 14.7 Å². The van der Waals surface area contributed by atoms with Gasteiger partial charge >= 0.3 is 0 Å². The second kappa shape index (κ2) is 6.86. The number of likely N-dealkylation sites (tertiary alicyclic amines) is 1. The second-order valence-electron chi connectivity index (χ2n) is 6.06. The smallest absolute Gasteiger partial charge is 0.253 e. The lowest BCUT2D eigenvalue weighted by Gasteiger charge is -2.33. The largest absolute Gasteiger partial charge is 0.359 e. The lowest BCUT2D eigenvalue weighted by molar-refractivity contribution is -0.141. The topological polar surface area (TPSA) is 75.4 Å². The van der Waals surface area contributed by atoms with E-state index in [-0.39, 0.29) is 11.8 Å². The zero-order valence-corrected chi connectivity index (χ0v) is 13.9. The molecule has 0 saturated carbocycles. The number of carbonyl (C=O) groups is 2. The highest BCUT2D eigenvalue weighted by Gasteiger charge is 2.33. The van der Waals surface area contributed by atoms with E-state index in [1.54, 1.807) is 11.8 Å². The number of nitrogens with one attached hydrogen (secondary N) is 1. The van der Waals surface area contributed by atoms with Gasteiger partial charge in [-0.2, -0.15) is 0 Å². The van der Waals surface area contributed by atoms with Crippen molar-refractivity contribution in [3.05, 3.63) is 47.2 Å². The predicted molar refractivity (Wildman–Crippen MR) is 89.4 cm³/mol. The highest BCUT2D eigenvalue weighted by molar-refractivity contribution is 5.97. The molecule has 3 rings (SSSR count). The van der Waals surface area contributed by atoms with Gasteiger partial charge in [-0.15, -0.1) is 0 Å². The maximum Gasteiger partial charge on any atom is 0.253 e. The molecule has 1 aromatic heterocycles. The maximum absolute atomic E-state index is 12.9. The monoisotopic (exact) mass is 327 g/mol. The fourth-order valence-electron chi connectivity index (χ4n) is 2.93. The van der Waals surface area contributed by atoms with Crippen LogP contribution in [0.5, 0.6) is 0 Å². The quantitative estimate of drug-likeness (QED) is 0.936.